The number of phosphoric ester groups is 1. The quantitative estimate of drug-likeness (QED) is 0.691. The van der Waals surface area contributed by atoms with E-state index in [4.69, 9.17) is 14.3 Å². The van der Waals surface area contributed by atoms with Crippen LogP contribution in [0.25, 0.3) is 0 Å². The van der Waals surface area contributed by atoms with Gasteiger partial charge in [-0.2, -0.15) is 0 Å². The van der Waals surface area contributed by atoms with Gasteiger partial charge in [-0.15, -0.1) is 0 Å². The van der Waals surface area contributed by atoms with Crippen molar-refractivity contribution in [3.8, 4) is 0 Å². The summed E-state index contributed by atoms with van der Waals surface area (Å²) in [5, 5.41) is 0. The van der Waals surface area contributed by atoms with Crippen LogP contribution in [-0.2, 0) is 9.09 Å². The zero-order chi connectivity index (χ0) is 13.9. The molecule has 0 amide bonds. The first-order chi connectivity index (χ1) is 7.46. The van der Waals surface area contributed by atoms with Crippen LogP contribution in [0.1, 0.15) is 54.4 Å². The zero-order valence-corrected chi connectivity index (χ0v) is 12.7. The summed E-state index contributed by atoms with van der Waals surface area (Å²) in [6.07, 6.45) is 1.34. The molecular formula is C12H27O4P. The monoisotopic (exact) mass is 266 g/mol. The van der Waals surface area contributed by atoms with Crippen molar-refractivity contribution >= 4 is 7.82 Å². The molecule has 5 heteroatoms. The first-order valence-corrected chi connectivity index (χ1v) is 7.73. The third-order valence-corrected chi connectivity index (χ3v) is 3.62. The molecule has 0 aliphatic carbocycles. The molecule has 2 N–H and O–H groups in total. The van der Waals surface area contributed by atoms with Crippen LogP contribution in [0.5, 0.6) is 0 Å². The second kappa shape index (κ2) is 6.33. The van der Waals surface area contributed by atoms with Gasteiger partial charge in [-0.25, -0.2) is 4.57 Å². The van der Waals surface area contributed by atoms with Gasteiger partial charge in [-0.05, 0) is 37.0 Å². The molecule has 0 aliphatic rings. The van der Waals surface area contributed by atoms with Gasteiger partial charge in [0.2, 0.25) is 0 Å². The highest BCUT2D eigenvalue weighted by atomic mass is 31.2. The molecule has 0 aromatic carbocycles. The van der Waals surface area contributed by atoms with E-state index in [9.17, 15) is 4.57 Å². The maximum atomic E-state index is 10.9. The van der Waals surface area contributed by atoms with Crippen LogP contribution in [0.3, 0.4) is 0 Å². The van der Waals surface area contributed by atoms with Crippen LogP contribution < -0.4 is 0 Å². The molecule has 4 nitrogen and oxygen atoms in total. The lowest BCUT2D eigenvalue weighted by atomic mass is 9.72. The molecule has 0 rings (SSSR count). The standard InChI is InChI=1S/C12H27O4P/c1-9(2)7-12(6,8-10(3)4)11(5)16-17(13,14)15/h9-11H,7-8H2,1-6H3,(H2,13,14,15). The van der Waals surface area contributed by atoms with Crippen molar-refractivity contribution in [2.75, 3.05) is 0 Å². The Labute approximate surface area is 105 Å². The van der Waals surface area contributed by atoms with Gasteiger partial charge in [0.05, 0.1) is 6.10 Å². The van der Waals surface area contributed by atoms with Crippen molar-refractivity contribution in [2.24, 2.45) is 17.3 Å². The normalized spacial score (nSPS) is 15.6. The molecule has 1 atom stereocenters. The van der Waals surface area contributed by atoms with Crippen molar-refractivity contribution in [3.63, 3.8) is 0 Å². The van der Waals surface area contributed by atoms with E-state index in [1.54, 1.807) is 6.92 Å². The Balaban J connectivity index is 4.83. The number of hydrogen-bond donors (Lipinski definition) is 2. The van der Waals surface area contributed by atoms with E-state index >= 15 is 0 Å². The van der Waals surface area contributed by atoms with Crippen molar-refractivity contribution in [1.29, 1.82) is 0 Å². The first kappa shape index (κ1) is 17.1. The number of phosphoric acid groups is 1. The van der Waals surface area contributed by atoms with Crippen LogP contribution >= 0.6 is 7.82 Å². The molecule has 0 aromatic rings. The van der Waals surface area contributed by atoms with Gasteiger partial charge in [0.25, 0.3) is 0 Å². The van der Waals surface area contributed by atoms with Gasteiger partial charge >= 0.3 is 7.82 Å². The molecule has 0 spiro atoms. The summed E-state index contributed by atoms with van der Waals surface area (Å²) in [4.78, 5) is 17.8. The van der Waals surface area contributed by atoms with Crippen molar-refractivity contribution in [1.82, 2.24) is 0 Å². The molecule has 0 aromatic heterocycles. The Hall–Kier alpha value is 0.110. The summed E-state index contributed by atoms with van der Waals surface area (Å²) >= 11 is 0. The Kier molecular flexibility index (Phi) is 6.37. The highest BCUT2D eigenvalue weighted by Gasteiger charge is 2.36. The van der Waals surface area contributed by atoms with Crippen LogP contribution in [0.2, 0.25) is 0 Å². The fraction of sp³-hybridized carbons (Fsp3) is 1.00. The van der Waals surface area contributed by atoms with Gasteiger partial charge in [-0.3, -0.25) is 4.52 Å². The Morgan fingerprint density at radius 1 is 1.06 bits per heavy atom. The summed E-state index contributed by atoms with van der Waals surface area (Å²) < 4.78 is 15.8. The molecule has 0 saturated carbocycles. The van der Waals surface area contributed by atoms with Crippen LogP contribution in [0.15, 0.2) is 0 Å². The average molecular weight is 266 g/mol. The Bertz CT molecular complexity index is 260. The van der Waals surface area contributed by atoms with Gasteiger partial charge in [0.1, 0.15) is 0 Å². The molecule has 104 valence electrons. The van der Waals surface area contributed by atoms with Crippen molar-refractivity contribution in [2.45, 2.75) is 60.5 Å². The summed E-state index contributed by atoms with van der Waals surface area (Å²) in [5.74, 6) is 0.947. The summed E-state index contributed by atoms with van der Waals surface area (Å²) in [5.41, 5.74) is -0.205. The van der Waals surface area contributed by atoms with E-state index in [1.165, 1.54) is 0 Å². The van der Waals surface area contributed by atoms with E-state index in [-0.39, 0.29) is 5.41 Å². The van der Waals surface area contributed by atoms with Crippen LogP contribution in [-0.4, -0.2) is 15.9 Å². The van der Waals surface area contributed by atoms with E-state index in [0.29, 0.717) is 11.8 Å². The topological polar surface area (TPSA) is 66.8 Å². The molecule has 0 radical (unpaired) electrons. The van der Waals surface area contributed by atoms with Gasteiger partial charge in [-0.1, -0.05) is 34.6 Å². The highest BCUT2D eigenvalue weighted by Crippen LogP contribution is 2.46. The smallest absolute Gasteiger partial charge is 0.303 e. The minimum absolute atomic E-state index is 0.205. The predicted octanol–water partition coefficient (Wildman–Crippen LogP) is 3.58. The summed E-state index contributed by atoms with van der Waals surface area (Å²) in [7, 11) is -4.41. The molecule has 0 aliphatic heterocycles. The second-order valence-corrected chi connectivity index (χ2v) is 7.28. The lowest BCUT2D eigenvalue weighted by Gasteiger charge is -2.38. The fourth-order valence-electron chi connectivity index (χ4n) is 2.61. The van der Waals surface area contributed by atoms with E-state index in [1.807, 2.05) is 6.92 Å². The predicted molar refractivity (Wildman–Crippen MR) is 69.6 cm³/mol. The van der Waals surface area contributed by atoms with Crippen LogP contribution in [0, 0.1) is 17.3 Å². The van der Waals surface area contributed by atoms with E-state index in [0.717, 1.165) is 12.8 Å². The van der Waals surface area contributed by atoms with Gasteiger partial charge in [0, 0.05) is 0 Å². The minimum Gasteiger partial charge on any atom is -0.303 e. The molecule has 0 fully saturated rings. The maximum Gasteiger partial charge on any atom is 0.469 e. The summed E-state index contributed by atoms with van der Waals surface area (Å²) in [6, 6.07) is 0. The highest BCUT2D eigenvalue weighted by molar-refractivity contribution is 7.46. The second-order valence-electron chi connectivity index (χ2n) is 6.09. The third kappa shape index (κ3) is 7.20. The van der Waals surface area contributed by atoms with E-state index < -0.39 is 13.9 Å². The number of rotatable bonds is 7. The minimum atomic E-state index is -4.41. The Morgan fingerprint density at radius 2 is 1.41 bits per heavy atom. The van der Waals surface area contributed by atoms with E-state index in [2.05, 4.69) is 27.7 Å². The largest absolute Gasteiger partial charge is 0.469 e. The fourth-order valence-corrected chi connectivity index (χ4v) is 3.28. The van der Waals surface area contributed by atoms with Gasteiger partial charge < -0.3 is 9.79 Å². The van der Waals surface area contributed by atoms with Crippen LogP contribution in [0.4, 0.5) is 0 Å². The maximum absolute atomic E-state index is 10.9. The van der Waals surface area contributed by atoms with Gasteiger partial charge in [0.15, 0.2) is 0 Å². The molecule has 17 heavy (non-hydrogen) atoms. The third-order valence-electron chi connectivity index (χ3n) is 3.03. The lowest BCUT2D eigenvalue weighted by molar-refractivity contribution is 0.0172. The number of hydrogen-bond acceptors (Lipinski definition) is 2. The van der Waals surface area contributed by atoms with Crippen molar-refractivity contribution in [3.05, 3.63) is 0 Å². The lowest BCUT2D eigenvalue weighted by Crippen LogP contribution is -2.34. The molecule has 0 bridgehead atoms. The molecule has 0 heterocycles. The van der Waals surface area contributed by atoms with Crippen molar-refractivity contribution < 1.29 is 18.9 Å². The SMILES string of the molecule is CC(C)CC(C)(CC(C)C)C(C)OP(=O)(O)O. The average Bonchev–Trinajstić information content (AvgIpc) is 1.96. The Morgan fingerprint density at radius 3 is 1.65 bits per heavy atom. The first-order valence-electron chi connectivity index (χ1n) is 6.20. The molecule has 0 saturated heterocycles. The molecule has 1 unspecified atom stereocenters. The molecular weight excluding hydrogens is 239 g/mol. The zero-order valence-electron chi connectivity index (χ0n) is 11.8. The summed E-state index contributed by atoms with van der Waals surface area (Å²) in [6.45, 7) is 12.3.